The Hall–Kier alpha value is -1.49. The quantitative estimate of drug-likeness (QED) is 0.898. The summed E-state index contributed by atoms with van der Waals surface area (Å²) in [5, 5.41) is 8.88. The summed E-state index contributed by atoms with van der Waals surface area (Å²) in [7, 11) is 0. The highest BCUT2D eigenvalue weighted by Gasteiger charge is 2.27. The van der Waals surface area contributed by atoms with Gasteiger partial charge in [-0.2, -0.15) is 0 Å². The molecular formula is C13H15F2NO2. The maximum atomic E-state index is 12.4. The maximum Gasteiger partial charge on any atom is 0.307 e. The molecule has 1 aliphatic rings. The van der Waals surface area contributed by atoms with Gasteiger partial charge in [0.15, 0.2) is 0 Å². The number of hydrogen-bond donors (Lipinski definition) is 1. The summed E-state index contributed by atoms with van der Waals surface area (Å²) in [5.74, 6) is -1.06. The SMILES string of the molecule is O=C(O)C1CCN(Cc2ccc(C(F)F)cc2)C1. The van der Waals surface area contributed by atoms with Gasteiger partial charge in [0, 0.05) is 18.7 Å². The van der Waals surface area contributed by atoms with E-state index in [2.05, 4.69) is 0 Å². The summed E-state index contributed by atoms with van der Waals surface area (Å²) in [5.41, 5.74) is 0.953. The molecule has 0 aliphatic carbocycles. The summed E-state index contributed by atoms with van der Waals surface area (Å²) < 4.78 is 24.7. The fraction of sp³-hybridized carbons (Fsp3) is 0.462. The van der Waals surface area contributed by atoms with E-state index in [9.17, 15) is 13.6 Å². The van der Waals surface area contributed by atoms with Crippen LogP contribution in [0.2, 0.25) is 0 Å². The van der Waals surface area contributed by atoms with Crippen molar-refractivity contribution in [1.29, 1.82) is 0 Å². The van der Waals surface area contributed by atoms with Gasteiger partial charge in [0.25, 0.3) is 6.43 Å². The summed E-state index contributed by atoms with van der Waals surface area (Å²) in [6.45, 7) is 1.90. The maximum absolute atomic E-state index is 12.4. The molecule has 0 bridgehead atoms. The molecule has 1 N–H and O–H groups in total. The predicted octanol–water partition coefficient (Wildman–Crippen LogP) is 2.53. The lowest BCUT2D eigenvalue weighted by Crippen LogP contribution is -2.22. The molecule has 98 valence electrons. The standard InChI is InChI=1S/C13H15F2NO2/c14-12(15)10-3-1-9(2-4-10)7-16-6-5-11(8-16)13(17)18/h1-4,11-12H,5-8H2,(H,17,18). The molecule has 2 rings (SSSR count). The van der Waals surface area contributed by atoms with Crippen LogP contribution in [0.25, 0.3) is 0 Å². The van der Waals surface area contributed by atoms with E-state index in [4.69, 9.17) is 5.11 Å². The van der Waals surface area contributed by atoms with E-state index in [1.807, 2.05) is 4.90 Å². The molecular weight excluding hydrogens is 240 g/mol. The molecule has 0 spiro atoms. The van der Waals surface area contributed by atoms with Crippen LogP contribution in [-0.4, -0.2) is 29.1 Å². The number of benzene rings is 1. The predicted molar refractivity (Wildman–Crippen MR) is 62.4 cm³/mol. The lowest BCUT2D eigenvalue weighted by molar-refractivity contribution is -0.141. The molecule has 0 aromatic heterocycles. The first-order valence-electron chi connectivity index (χ1n) is 5.88. The Morgan fingerprint density at radius 2 is 2.06 bits per heavy atom. The van der Waals surface area contributed by atoms with Crippen LogP contribution < -0.4 is 0 Å². The molecule has 1 aromatic carbocycles. The Morgan fingerprint density at radius 1 is 1.39 bits per heavy atom. The Morgan fingerprint density at radius 3 is 2.56 bits per heavy atom. The molecule has 1 saturated heterocycles. The van der Waals surface area contributed by atoms with Crippen molar-refractivity contribution in [2.24, 2.45) is 5.92 Å². The minimum Gasteiger partial charge on any atom is -0.481 e. The van der Waals surface area contributed by atoms with E-state index >= 15 is 0 Å². The second-order valence-electron chi connectivity index (χ2n) is 4.60. The summed E-state index contributed by atoms with van der Waals surface area (Å²) >= 11 is 0. The number of carbonyl (C=O) groups is 1. The molecule has 1 heterocycles. The van der Waals surface area contributed by atoms with E-state index in [0.29, 0.717) is 19.5 Å². The zero-order chi connectivity index (χ0) is 13.1. The number of carboxylic acid groups (broad SMARTS) is 1. The van der Waals surface area contributed by atoms with Crippen LogP contribution >= 0.6 is 0 Å². The van der Waals surface area contributed by atoms with Crippen molar-refractivity contribution in [3.05, 3.63) is 35.4 Å². The van der Waals surface area contributed by atoms with Gasteiger partial charge >= 0.3 is 5.97 Å². The zero-order valence-corrected chi connectivity index (χ0v) is 9.85. The minimum atomic E-state index is -2.44. The van der Waals surface area contributed by atoms with E-state index in [0.717, 1.165) is 12.1 Å². The van der Waals surface area contributed by atoms with Gasteiger partial charge in [0.1, 0.15) is 0 Å². The average molecular weight is 255 g/mol. The molecule has 0 saturated carbocycles. The number of aliphatic carboxylic acids is 1. The van der Waals surface area contributed by atoms with Gasteiger partial charge in [0.2, 0.25) is 0 Å². The van der Waals surface area contributed by atoms with Crippen LogP contribution in [0.4, 0.5) is 8.78 Å². The second-order valence-corrected chi connectivity index (χ2v) is 4.60. The number of alkyl halides is 2. The van der Waals surface area contributed by atoms with Crippen molar-refractivity contribution in [2.75, 3.05) is 13.1 Å². The van der Waals surface area contributed by atoms with Crippen LogP contribution in [0.3, 0.4) is 0 Å². The Bertz CT molecular complexity index is 420. The third-order valence-corrected chi connectivity index (χ3v) is 3.26. The lowest BCUT2D eigenvalue weighted by atomic mass is 10.1. The van der Waals surface area contributed by atoms with Crippen molar-refractivity contribution < 1.29 is 18.7 Å². The number of rotatable bonds is 4. The van der Waals surface area contributed by atoms with Crippen molar-refractivity contribution >= 4 is 5.97 Å². The van der Waals surface area contributed by atoms with Crippen LogP contribution in [0.15, 0.2) is 24.3 Å². The minimum absolute atomic E-state index is 0.0172. The largest absolute Gasteiger partial charge is 0.481 e. The first kappa shape index (κ1) is 13.0. The molecule has 0 radical (unpaired) electrons. The molecule has 1 unspecified atom stereocenters. The number of halogens is 2. The zero-order valence-electron chi connectivity index (χ0n) is 9.85. The van der Waals surface area contributed by atoms with Crippen LogP contribution in [0.1, 0.15) is 24.0 Å². The number of likely N-dealkylation sites (tertiary alicyclic amines) is 1. The van der Waals surface area contributed by atoms with Crippen molar-refractivity contribution in [2.45, 2.75) is 19.4 Å². The molecule has 5 heteroatoms. The van der Waals surface area contributed by atoms with E-state index in [-0.39, 0.29) is 11.5 Å². The number of hydrogen-bond acceptors (Lipinski definition) is 2. The smallest absolute Gasteiger partial charge is 0.307 e. The highest BCUT2D eigenvalue weighted by atomic mass is 19.3. The fourth-order valence-electron chi connectivity index (χ4n) is 2.20. The highest BCUT2D eigenvalue weighted by molar-refractivity contribution is 5.70. The Balaban J connectivity index is 1.92. The van der Waals surface area contributed by atoms with Crippen LogP contribution in [0.5, 0.6) is 0 Å². The third-order valence-electron chi connectivity index (χ3n) is 3.26. The highest BCUT2D eigenvalue weighted by Crippen LogP contribution is 2.21. The molecule has 1 aliphatic heterocycles. The molecule has 1 fully saturated rings. The van der Waals surface area contributed by atoms with Gasteiger partial charge in [0.05, 0.1) is 5.92 Å². The monoisotopic (exact) mass is 255 g/mol. The molecule has 0 amide bonds. The first-order valence-corrected chi connectivity index (χ1v) is 5.88. The van der Waals surface area contributed by atoms with Gasteiger partial charge in [-0.05, 0) is 18.5 Å². The Labute approximate surface area is 104 Å². The Kier molecular flexibility index (Phi) is 3.91. The summed E-state index contributed by atoms with van der Waals surface area (Å²) in [4.78, 5) is 12.8. The van der Waals surface area contributed by atoms with E-state index < -0.39 is 12.4 Å². The van der Waals surface area contributed by atoms with Crippen LogP contribution in [-0.2, 0) is 11.3 Å². The van der Waals surface area contributed by atoms with Crippen molar-refractivity contribution in [1.82, 2.24) is 4.90 Å². The topological polar surface area (TPSA) is 40.5 Å². The summed E-state index contributed by atoms with van der Waals surface area (Å²) in [6.07, 6.45) is -1.79. The van der Waals surface area contributed by atoms with E-state index in [1.54, 1.807) is 12.1 Å². The van der Waals surface area contributed by atoms with Crippen molar-refractivity contribution in [3.8, 4) is 0 Å². The lowest BCUT2D eigenvalue weighted by Gasteiger charge is -2.15. The van der Waals surface area contributed by atoms with Gasteiger partial charge in [-0.25, -0.2) is 8.78 Å². The molecule has 18 heavy (non-hydrogen) atoms. The summed E-state index contributed by atoms with van der Waals surface area (Å²) in [6, 6.07) is 6.20. The van der Waals surface area contributed by atoms with Crippen LogP contribution in [0, 0.1) is 5.92 Å². The van der Waals surface area contributed by atoms with E-state index in [1.165, 1.54) is 12.1 Å². The molecule has 3 nitrogen and oxygen atoms in total. The van der Waals surface area contributed by atoms with Gasteiger partial charge in [-0.15, -0.1) is 0 Å². The van der Waals surface area contributed by atoms with Crippen molar-refractivity contribution in [3.63, 3.8) is 0 Å². The second kappa shape index (κ2) is 5.44. The number of carboxylic acids is 1. The fourth-order valence-corrected chi connectivity index (χ4v) is 2.20. The first-order chi connectivity index (χ1) is 8.56. The average Bonchev–Trinajstić information content (AvgIpc) is 2.78. The van der Waals surface area contributed by atoms with Gasteiger partial charge < -0.3 is 5.11 Å². The normalized spacial score (nSPS) is 20.5. The van der Waals surface area contributed by atoms with Gasteiger partial charge in [-0.1, -0.05) is 24.3 Å². The van der Waals surface area contributed by atoms with Gasteiger partial charge in [-0.3, -0.25) is 9.69 Å². The molecule has 1 aromatic rings. The molecule has 1 atom stereocenters. The number of nitrogens with zero attached hydrogens (tertiary/aromatic N) is 1. The third kappa shape index (κ3) is 3.04.